The second-order valence-electron chi connectivity index (χ2n) is 6.33. The molecular weight excluding hydrogens is 292 g/mol. The van der Waals surface area contributed by atoms with Crippen LogP contribution in [0.5, 0.6) is 5.75 Å². The van der Waals surface area contributed by atoms with E-state index in [1.807, 2.05) is 30.3 Å². The Morgan fingerprint density at radius 3 is 2.91 bits per heavy atom. The summed E-state index contributed by atoms with van der Waals surface area (Å²) in [6.07, 6.45) is 4.58. The molecule has 0 radical (unpaired) electrons. The van der Waals surface area contributed by atoms with Crippen LogP contribution in [0.2, 0.25) is 0 Å². The second kappa shape index (κ2) is 8.31. The molecule has 2 heterocycles. The second-order valence-corrected chi connectivity index (χ2v) is 6.33. The summed E-state index contributed by atoms with van der Waals surface area (Å²) in [5.41, 5.74) is 0. The molecule has 2 aliphatic heterocycles. The molecule has 0 saturated carbocycles. The summed E-state index contributed by atoms with van der Waals surface area (Å²) in [7, 11) is 0. The van der Waals surface area contributed by atoms with Crippen molar-refractivity contribution in [3.05, 3.63) is 30.3 Å². The number of nitrogens with zero attached hydrogens (tertiary/aromatic N) is 1. The predicted molar refractivity (Wildman–Crippen MR) is 88.5 cm³/mol. The normalized spacial score (nSPS) is 24.7. The van der Waals surface area contributed by atoms with Gasteiger partial charge in [0.1, 0.15) is 12.4 Å². The molecule has 5 heteroatoms. The summed E-state index contributed by atoms with van der Waals surface area (Å²) < 4.78 is 11.4. The van der Waals surface area contributed by atoms with Gasteiger partial charge in [0.25, 0.3) is 0 Å². The summed E-state index contributed by atoms with van der Waals surface area (Å²) in [5.74, 6) is 0.981. The maximum atomic E-state index is 12.1. The first-order chi connectivity index (χ1) is 11.3. The number of ether oxygens (including phenoxy) is 2. The lowest BCUT2D eigenvalue weighted by molar-refractivity contribution is -0.123. The van der Waals surface area contributed by atoms with Gasteiger partial charge >= 0.3 is 0 Å². The topological polar surface area (TPSA) is 50.8 Å². The number of hydrogen-bond donors (Lipinski definition) is 1. The van der Waals surface area contributed by atoms with Crippen molar-refractivity contribution in [1.29, 1.82) is 0 Å². The van der Waals surface area contributed by atoms with Crippen molar-refractivity contribution in [1.82, 2.24) is 10.2 Å². The molecule has 2 saturated heterocycles. The molecule has 23 heavy (non-hydrogen) atoms. The fraction of sp³-hybridized carbons (Fsp3) is 0.611. The lowest BCUT2D eigenvalue weighted by Crippen LogP contribution is -2.43. The third kappa shape index (κ3) is 4.94. The van der Waals surface area contributed by atoms with Crippen LogP contribution in [0.15, 0.2) is 30.3 Å². The molecule has 0 bridgehead atoms. The Balaban J connectivity index is 1.40. The van der Waals surface area contributed by atoms with Crippen LogP contribution in [-0.4, -0.2) is 55.8 Å². The van der Waals surface area contributed by atoms with Crippen LogP contribution in [0.1, 0.15) is 25.7 Å². The smallest absolute Gasteiger partial charge is 0.234 e. The maximum Gasteiger partial charge on any atom is 0.234 e. The van der Waals surface area contributed by atoms with Gasteiger partial charge in [0, 0.05) is 19.2 Å². The van der Waals surface area contributed by atoms with E-state index in [0.29, 0.717) is 25.7 Å². The number of rotatable bonds is 7. The highest BCUT2D eigenvalue weighted by atomic mass is 16.5. The Morgan fingerprint density at radius 1 is 1.26 bits per heavy atom. The van der Waals surface area contributed by atoms with E-state index in [4.69, 9.17) is 9.47 Å². The number of nitrogens with one attached hydrogen (secondary N) is 1. The number of benzene rings is 1. The van der Waals surface area contributed by atoms with Crippen molar-refractivity contribution in [3.8, 4) is 5.75 Å². The zero-order valence-electron chi connectivity index (χ0n) is 13.6. The van der Waals surface area contributed by atoms with Gasteiger partial charge in [0.15, 0.2) is 0 Å². The Labute approximate surface area is 137 Å². The van der Waals surface area contributed by atoms with E-state index in [9.17, 15) is 4.79 Å². The molecular formula is C18H26N2O3. The van der Waals surface area contributed by atoms with Gasteiger partial charge < -0.3 is 14.8 Å². The minimum atomic E-state index is 0.0899. The van der Waals surface area contributed by atoms with Crippen molar-refractivity contribution in [2.75, 3.05) is 32.8 Å². The Morgan fingerprint density at radius 2 is 2.13 bits per heavy atom. The molecule has 2 atom stereocenters. The largest absolute Gasteiger partial charge is 0.492 e. The van der Waals surface area contributed by atoms with Crippen LogP contribution in [-0.2, 0) is 9.53 Å². The third-order valence-corrected chi connectivity index (χ3v) is 4.58. The van der Waals surface area contributed by atoms with Crippen LogP contribution in [0, 0.1) is 0 Å². The summed E-state index contributed by atoms with van der Waals surface area (Å²) in [6.45, 7) is 3.53. The number of para-hydroxylation sites is 1. The average Bonchev–Trinajstić information content (AvgIpc) is 3.24. The Hall–Kier alpha value is -1.59. The molecule has 0 unspecified atom stereocenters. The summed E-state index contributed by atoms with van der Waals surface area (Å²) in [5, 5.41) is 3.00. The lowest BCUT2D eigenvalue weighted by Gasteiger charge is -2.24. The van der Waals surface area contributed by atoms with E-state index < -0.39 is 0 Å². The molecule has 0 aromatic heterocycles. The monoisotopic (exact) mass is 318 g/mol. The van der Waals surface area contributed by atoms with Crippen molar-refractivity contribution < 1.29 is 14.3 Å². The quantitative estimate of drug-likeness (QED) is 0.833. The van der Waals surface area contributed by atoms with Crippen molar-refractivity contribution in [3.63, 3.8) is 0 Å². The highest BCUT2D eigenvalue weighted by Crippen LogP contribution is 2.19. The minimum absolute atomic E-state index is 0.0899. The fourth-order valence-electron chi connectivity index (χ4n) is 3.27. The van der Waals surface area contributed by atoms with Gasteiger partial charge in [-0.3, -0.25) is 9.69 Å². The standard InChI is InChI=1S/C18H26N2O3/c21-18(19-12-17-9-5-11-22-17)13-20-10-4-6-15(20)14-23-16-7-2-1-3-8-16/h1-3,7-8,15,17H,4-6,9-14H2,(H,19,21)/t15-,17-/m0/s1. The van der Waals surface area contributed by atoms with Gasteiger partial charge in [-0.2, -0.15) is 0 Å². The van der Waals surface area contributed by atoms with Gasteiger partial charge in [0.05, 0.1) is 12.6 Å². The van der Waals surface area contributed by atoms with E-state index in [1.165, 1.54) is 0 Å². The van der Waals surface area contributed by atoms with Crippen LogP contribution < -0.4 is 10.1 Å². The first-order valence-electron chi connectivity index (χ1n) is 8.61. The molecule has 3 rings (SSSR count). The van der Waals surface area contributed by atoms with Crippen molar-refractivity contribution >= 4 is 5.91 Å². The molecule has 126 valence electrons. The van der Waals surface area contributed by atoms with E-state index in [0.717, 1.165) is 44.6 Å². The third-order valence-electron chi connectivity index (χ3n) is 4.58. The van der Waals surface area contributed by atoms with Gasteiger partial charge in [-0.15, -0.1) is 0 Å². The molecule has 0 spiro atoms. The molecule has 5 nitrogen and oxygen atoms in total. The number of hydrogen-bond acceptors (Lipinski definition) is 4. The lowest BCUT2D eigenvalue weighted by atomic mass is 10.2. The van der Waals surface area contributed by atoms with E-state index in [1.54, 1.807) is 0 Å². The zero-order valence-corrected chi connectivity index (χ0v) is 13.6. The van der Waals surface area contributed by atoms with Crippen molar-refractivity contribution in [2.45, 2.75) is 37.8 Å². The minimum Gasteiger partial charge on any atom is -0.492 e. The summed E-state index contributed by atoms with van der Waals surface area (Å²) in [6, 6.07) is 10.2. The van der Waals surface area contributed by atoms with Crippen LogP contribution >= 0.6 is 0 Å². The highest BCUT2D eigenvalue weighted by Gasteiger charge is 2.27. The molecule has 1 N–H and O–H groups in total. The average molecular weight is 318 g/mol. The molecule has 1 amide bonds. The van der Waals surface area contributed by atoms with E-state index in [-0.39, 0.29) is 12.0 Å². The summed E-state index contributed by atoms with van der Waals surface area (Å²) >= 11 is 0. The van der Waals surface area contributed by atoms with Gasteiger partial charge in [-0.25, -0.2) is 0 Å². The zero-order chi connectivity index (χ0) is 15.9. The molecule has 2 aliphatic rings. The highest BCUT2D eigenvalue weighted by molar-refractivity contribution is 5.78. The van der Waals surface area contributed by atoms with Gasteiger partial charge in [0.2, 0.25) is 5.91 Å². The fourth-order valence-corrected chi connectivity index (χ4v) is 3.27. The van der Waals surface area contributed by atoms with Crippen molar-refractivity contribution in [2.24, 2.45) is 0 Å². The van der Waals surface area contributed by atoms with Crippen LogP contribution in [0.25, 0.3) is 0 Å². The van der Waals surface area contributed by atoms with Crippen LogP contribution in [0.3, 0.4) is 0 Å². The van der Waals surface area contributed by atoms with Crippen LogP contribution in [0.4, 0.5) is 0 Å². The van der Waals surface area contributed by atoms with Gasteiger partial charge in [-0.05, 0) is 44.4 Å². The Bertz CT molecular complexity index is 488. The molecule has 1 aromatic rings. The Kier molecular flexibility index (Phi) is 5.88. The first-order valence-corrected chi connectivity index (χ1v) is 8.61. The van der Waals surface area contributed by atoms with E-state index >= 15 is 0 Å². The van der Waals surface area contributed by atoms with E-state index in [2.05, 4.69) is 10.2 Å². The van der Waals surface area contributed by atoms with Gasteiger partial charge in [-0.1, -0.05) is 18.2 Å². The number of likely N-dealkylation sites (tertiary alicyclic amines) is 1. The molecule has 2 fully saturated rings. The SMILES string of the molecule is O=C(CN1CCC[C@H]1COc1ccccc1)NC[C@@H]1CCCO1. The number of amides is 1. The molecule has 0 aliphatic carbocycles. The number of carbonyl (C=O) groups excluding carboxylic acids is 1. The predicted octanol–water partition coefficient (Wildman–Crippen LogP) is 1.83. The maximum absolute atomic E-state index is 12.1. The first kappa shape index (κ1) is 16.3. The number of carbonyl (C=O) groups is 1. The molecule has 1 aromatic carbocycles. The summed E-state index contributed by atoms with van der Waals surface area (Å²) in [4.78, 5) is 14.4.